The Hall–Kier alpha value is -1.92. The Kier molecular flexibility index (Phi) is 3.65. The molecule has 6 heteroatoms. The predicted octanol–water partition coefficient (Wildman–Crippen LogP) is 1.55. The van der Waals surface area contributed by atoms with Gasteiger partial charge in [-0.2, -0.15) is 8.42 Å². The molecule has 0 saturated carbocycles. The maximum absolute atomic E-state index is 12.7. The number of nitrogens with zero attached hydrogens (tertiary/aromatic N) is 2. The number of sulfonamides is 1. The van der Waals surface area contributed by atoms with Crippen LogP contribution in [0.3, 0.4) is 0 Å². The fourth-order valence-corrected chi connectivity index (χ4v) is 3.96. The van der Waals surface area contributed by atoms with Crippen LogP contribution in [0.15, 0.2) is 47.6 Å². The van der Waals surface area contributed by atoms with Crippen LogP contribution in [0.5, 0.6) is 0 Å². The summed E-state index contributed by atoms with van der Waals surface area (Å²) >= 11 is 0. The number of anilines is 1. The summed E-state index contributed by atoms with van der Waals surface area (Å²) < 4.78 is 26.9. The molecule has 0 amide bonds. The minimum atomic E-state index is -3.58. The van der Waals surface area contributed by atoms with Crippen LogP contribution in [-0.4, -0.2) is 27.0 Å². The third kappa shape index (κ3) is 2.52. The average Bonchev–Trinajstić information content (AvgIpc) is 2.93. The molecule has 3 rings (SSSR count). The van der Waals surface area contributed by atoms with Gasteiger partial charge in [0.1, 0.15) is 0 Å². The zero-order valence-electron chi connectivity index (χ0n) is 11.8. The highest BCUT2D eigenvalue weighted by Crippen LogP contribution is 2.31. The third-order valence-corrected chi connectivity index (χ3v) is 5.31. The summed E-state index contributed by atoms with van der Waals surface area (Å²) in [6.07, 6.45) is 2.35. The molecule has 0 bridgehead atoms. The van der Waals surface area contributed by atoms with Crippen molar-refractivity contribution < 1.29 is 8.42 Å². The van der Waals surface area contributed by atoms with Gasteiger partial charge in [0.25, 0.3) is 10.0 Å². The van der Waals surface area contributed by atoms with Gasteiger partial charge in [-0.05, 0) is 36.7 Å². The molecule has 1 aromatic carbocycles. The van der Waals surface area contributed by atoms with E-state index >= 15 is 0 Å². The molecule has 5 nitrogen and oxygen atoms in total. The number of hydrogen-bond acceptors (Lipinski definition) is 4. The largest absolute Gasteiger partial charge is 0.316 e. The van der Waals surface area contributed by atoms with Gasteiger partial charge >= 0.3 is 0 Å². The van der Waals surface area contributed by atoms with E-state index in [2.05, 4.69) is 10.3 Å². The molecule has 1 aromatic heterocycles. The van der Waals surface area contributed by atoms with Crippen LogP contribution in [0.25, 0.3) is 0 Å². The highest BCUT2D eigenvalue weighted by atomic mass is 32.2. The smallest absolute Gasteiger partial charge is 0.281 e. The van der Waals surface area contributed by atoms with E-state index in [-0.39, 0.29) is 5.03 Å². The molecule has 2 heterocycles. The Morgan fingerprint density at radius 1 is 1.24 bits per heavy atom. The van der Waals surface area contributed by atoms with E-state index in [1.54, 1.807) is 18.3 Å². The monoisotopic (exact) mass is 303 g/mol. The van der Waals surface area contributed by atoms with Crippen molar-refractivity contribution in [1.82, 2.24) is 10.3 Å². The Labute approximate surface area is 124 Å². The summed E-state index contributed by atoms with van der Waals surface area (Å²) in [5.41, 5.74) is 2.78. The van der Waals surface area contributed by atoms with E-state index in [1.165, 1.54) is 4.31 Å². The lowest BCUT2D eigenvalue weighted by molar-refractivity contribution is 0.588. The lowest BCUT2D eigenvalue weighted by atomic mass is 10.2. The molecule has 0 radical (unpaired) electrons. The van der Waals surface area contributed by atoms with Gasteiger partial charge in [-0.25, -0.2) is 4.98 Å². The molecule has 0 aliphatic carbocycles. The molecule has 0 atom stereocenters. The number of hydrogen-bond donors (Lipinski definition) is 1. The van der Waals surface area contributed by atoms with Crippen LogP contribution in [-0.2, 0) is 23.0 Å². The molecule has 2 aromatic rings. The van der Waals surface area contributed by atoms with E-state index in [0.717, 1.165) is 23.2 Å². The van der Waals surface area contributed by atoms with Gasteiger partial charge in [0, 0.05) is 19.3 Å². The molecule has 0 spiro atoms. The molecule has 1 aliphatic rings. The van der Waals surface area contributed by atoms with Crippen LogP contribution < -0.4 is 9.62 Å². The van der Waals surface area contributed by atoms with E-state index in [1.807, 2.05) is 31.3 Å². The molecular formula is C15H17N3O2S. The quantitative estimate of drug-likeness (QED) is 0.931. The average molecular weight is 303 g/mol. The second-order valence-electron chi connectivity index (χ2n) is 4.99. The highest BCUT2D eigenvalue weighted by Gasteiger charge is 2.31. The van der Waals surface area contributed by atoms with Crippen molar-refractivity contribution in [2.24, 2.45) is 0 Å². The maximum atomic E-state index is 12.7. The van der Waals surface area contributed by atoms with Crippen molar-refractivity contribution in [3.63, 3.8) is 0 Å². The van der Waals surface area contributed by atoms with Gasteiger partial charge in [0.05, 0.1) is 5.69 Å². The second kappa shape index (κ2) is 5.46. The third-order valence-electron chi connectivity index (χ3n) is 3.58. The number of fused-ring (bicyclic) bond motifs is 1. The molecule has 0 saturated heterocycles. The number of benzene rings is 1. The Balaban J connectivity index is 1.94. The first-order chi connectivity index (χ1) is 10.1. The van der Waals surface area contributed by atoms with Gasteiger partial charge < -0.3 is 5.32 Å². The predicted molar refractivity (Wildman–Crippen MR) is 81.7 cm³/mol. The van der Waals surface area contributed by atoms with Crippen molar-refractivity contribution in [3.8, 4) is 0 Å². The minimum Gasteiger partial charge on any atom is -0.316 e. The van der Waals surface area contributed by atoms with Crippen LogP contribution in [0.4, 0.5) is 5.69 Å². The zero-order chi connectivity index (χ0) is 14.9. The van der Waals surface area contributed by atoms with E-state index in [4.69, 9.17) is 0 Å². The lowest BCUT2D eigenvalue weighted by Crippen LogP contribution is -2.29. The van der Waals surface area contributed by atoms with Crippen LogP contribution in [0.2, 0.25) is 0 Å². The minimum absolute atomic E-state index is 0.0963. The number of para-hydroxylation sites is 1. The van der Waals surface area contributed by atoms with Gasteiger partial charge in [-0.3, -0.25) is 4.31 Å². The van der Waals surface area contributed by atoms with Crippen molar-refractivity contribution in [2.45, 2.75) is 18.0 Å². The summed E-state index contributed by atoms with van der Waals surface area (Å²) in [5, 5.41) is 3.11. The van der Waals surface area contributed by atoms with Gasteiger partial charge in [-0.15, -0.1) is 0 Å². The summed E-state index contributed by atoms with van der Waals surface area (Å²) in [7, 11) is -1.74. The first-order valence-electron chi connectivity index (χ1n) is 6.83. The number of rotatable bonds is 4. The van der Waals surface area contributed by atoms with Gasteiger partial charge in [0.2, 0.25) is 0 Å². The van der Waals surface area contributed by atoms with E-state index in [0.29, 0.717) is 13.1 Å². The standard InChI is InChI=1S/C15H17N3O2S/c1-16-10-12-6-7-15(17-11-12)21(19,20)18-9-8-13-4-2-3-5-14(13)18/h2-7,11,16H,8-10H2,1H3. The Bertz CT molecular complexity index is 742. The van der Waals surface area contributed by atoms with Gasteiger partial charge in [-0.1, -0.05) is 24.3 Å². The maximum Gasteiger partial charge on any atom is 0.281 e. The van der Waals surface area contributed by atoms with Gasteiger partial charge in [0.15, 0.2) is 5.03 Å². The highest BCUT2D eigenvalue weighted by molar-refractivity contribution is 7.92. The number of nitrogens with one attached hydrogen (secondary N) is 1. The van der Waals surface area contributed by atoms with Crippen molar-refractivity contribution in [2.75, 3.05) is 17.9 Å². The first kappa shape index (κ1) is 14.0. The topological polar surface area (TPSA) is 62.3 Å². The Morgan fingerprint density at radius 3 is 2.76 bits per heavy atom. The molecule has 0 fully saturated rings. The molecule has 1 aliphatic heterocycles. The molecule has 1 N–H and O–H groups in total. The van der Waals surface area contributed by atoms with Crippen LogP contribution >= 0.6 is 0 Å². The number of pyridine rings is 1. The van der Waals surface area contributed by atoms with Crippen molar-refractivity contribution in [1.29, 1.82) is 0 Å². The first-order valence-corrected chi connectivity index (χ1v) is 8.27. The van der Waals surface area contributed by atoms with E-state index in [9.17, 15) is 8.42 Å². The second-order valence-corrected chi connectivity index (χ2v) is 6.80. The number of aromatic nitrogens is 1. The van der Waals surface area contributed by atoms with Crippen LogP contribution in [0, 0.1) is 0 Å². The molecule has 110 valence electrons. The fraction of sp³-hybridized carbons (Fsp3) is 0.267. The molecule has 21 heavy (non-hydrogen) atoms. The van der Waals surface area contributed by atoms with Crippen molar-refractivity contribution in [3.05, 3.63) is 53.7 Å². The Morgan fingerprint density at radius 2 is 2.05 bits per heavy atom. The van der Waals surface area contributed by atoms with E-state index < -0.39 is 10.0 Å². The molecular weight excluding hydrogens is 286 g/mol. The summed E-state index contributed by atoms with van der Waals surface area (Å²) in [5.74, 6) is 0. The SMILES string of the molecule is CNCc1ccc(S(=O)(=O)N2CCc3ccccc32)nc1. The van der Waals surface area contributed by atoms with Crippen molar-refractivity contribution >= 4 is 15.7 Å². The zero-order valence-corrected chi connectivity index (χ0v) is 12.6. The summed E-state index contributed by atoms with van der Waals surface area (Å²) in [4.78, 5) is 4.12. The normalized spacial score (nSPS) is 14.2. The summed E-state index contributed by atoms with van der Waals surface area (Å²) in [6.45, 7) is 1.14. The van der Waals surface area contributed by atoms with Crippen LogP contribution in [0.1, 0.15) is 11.1 Å². The summed E-state index contributed by atoms with van der Waals surface area (Å²) in [6, 6.07) is 11.0. The fourth-order valence-electron chi connectivity index (χ4n) is 2.54. The molecule has 0 unspecified atom stereocenters. The lowest BCUT2D eigenvalue weighted by Gasteiger charge is -2.18.